The molecule has 28 heavy (non-hydrogen) atoms. The van der Waals surface area contributed by atoms with Crippen LogP contribution < -0.4 is 4.74 Å². The van der Waals surface area contributed by atoms with E-state index in [-0.39, 0.29) is 5.75 Å². The van der Waals surface area contributed by atoms with Gasteiger partial charge in [0.15, 0.2) is 0 Å². The number of rotatable bonds is 3. The lowest BCUT2D eigenvalue weighted by Gasteiger charge is -2.25. The van der Waals surface area contributed by atoms with Crippen molar-refractivity contribution in [2.75, 3.05) is 0 Å². The summed E-state index contributed by atoms with van der Waals surface area (Å²) in [5, 5.41) is 0. The molecule has 0 saturated carbocycles. The van der Waals surface area contributed by atoms with Crippen LogP contribution >= 0.6 is 0 Å². The molecule has 0 aromatic heterocycles. The number of benzene rings is 3. The van der Waals surface area contributed by atoms with Crippen LogP contribution in [-0.4, -0.2) is 6.36 Å². The molecule has 1 aliphatic rings. The predicted octanol–water partition coefficient (Wildman–Crippen LogP) is 6.83. The molecular formula is C24H21F3O. The van der Waals surface area contributed by atoms with Gasteiger partial charge >= 0.3 is 6.36 Å². The van der Waals surface area contributed by atoms with Gasteiger partial charge in [-0.15, -0.1) is 13.2 Å². The van der Waals surface area contributed by atoms with Gasteiger partial charge < -0.3 is 4.74 Å². The molecule has 0 bridgehead atoms. The monoisotopic (exact) mass is 382 g/mol. The second-order valence-corrected chi connectivity index (χ2v) is 7.41. The lowest BCUT2D eigenvalue weighted by Crippen LogP contribution is -2.16. The Morgan fingerprint density at radius 2 is 1.50 bits per heavy atom. The first-order chi connectivity index (χ1) is 13.4. The number of hydrogen-bond acceptors (Lipinski definition) is 1. The second kappa shape index (κ2) is 7.34. The van der Waals surface area contributed by atoms with Crippen molar-refractivity contribution in [3.8, 4) is 16.9 Å². The Hall–Kier alpha value is -2.75. The van der Waals surface area contributed by atoms with E-state index in [0.717, 1.165) is 30.4 Å². The van der Waals surface area contributed by atoms with E-state index in [4.69, 9.17) is 0 Å². The van der Waals surface area contributed by atoms with E-state index in [1.54, 1.807) is 12.1 Å². The number of alkyl halides is 3. The van der Waals surface area contributed by atoms with E-state index < -0.39 is 6.36 Å². The van der Waals surface area contributed by atoms with Gasteiger partial charge in [0.2, 0.25) is 0 Å². The Morgan fingerprint density at radius 3 is 2.18 bits per heavy atom. The maximum absolute atomic E-state index is 12.3. The molecular weight excluding hydrogens is 361 g/mol. The van der Waals surface area contributed by atoms with Gasteiger partial charge in [0.1, 0.15) is 5.75 Å². The molecule has 0 aliphatic heterocycles. The molecule has 0 radical (unpaired) electrons. The highest BCUT2D eigenvalue weighted by Crippen LogP contribution is 2.35. The van der Waals surface area contributed by atoms with Crippen LogP contribution in [0.1, 0.15) is 34.6 Å². The minimum Gasteiger partial charge on any atom is -0.406 e. The summed E-state index contributed by atoms with van der Waals surface area (Å²) in [7, 11) is 0. The van der Waals surface area contributed by atoms with Crippen LogP contribution in [0.25, 0.3) is 11.1 Å². The highest BCUT2D eigenvalue weighted by Gasteiger charge is 2.31. The third kappa shape index (κ3) is 4.22. The van der Waals surface area contributed by atoms with E-state index in [9.17, 15) is 13.2 Å². The first-order valence-corrected chi connectivity index (χ1v) is 9.42. The Kier molecular flexibility index (Phi) is 4.88. The van der Waals surface area contributed by atoms with Gasteiger partial charge in [0, 0.05) is 0 Å². The van der Waals surface area contributed by atoms with Crippen molar-refractivity contribution in [1.29, 1.82) is 0 Å². The summed E-state index contributed by atoms with van der Waals surface area (Å²) in [5.74, 6) is 0.341. The molecule has 1 unspecified atom stereocenters. The molecule has 144 valence electrons. The Bertz CT molecular complexity index is 957. The summed E-state index contributed by atoms with van der Waals surface area (Å²) in [5.41, 5.74) is 7.26. The fourth-order valence-corrected chi connectivity index (χ4v) is 3.91. The molecule has 1 aliphatic carbocycles. The lowest BCUT2D eigenvalue weighted by atomic mass is 9.79. The number of ether oxygens (including phenoxy) is 1. The molecule has 0 spiro atoms. The Morgan fingerprint density at radius 1 is 0.821 bits per heavy atom. The molecule has 3 aromatic carbocycles. The Balaban J connectivity index is 1.51. The highest BCUT2D eigenvalue weighted by molar-refractivity contribution is 5.66. The van der Waals surface area contributed by atoms with Crippen molar-refractivity contribution in [3.63, 3.8) is 0 Å². The van der Waals surface area contributed by atoms with Crippen LogP contribution in [0.5, 0.6) is 5.75 Å². The van der Waals surface area contributed by atoms with E-state index in [1.165, 1.54) is 34.4 Å². The first-order valence-electron chi connectivity index (χ1n) is 9.42. The molecule has 0 amide bonds. The molecule has 4 rings (SSSR count). The van der Waals surface area contributed by atoms with E-state index in [1.807, 2.05) is 0 Å². The smallest absolute Gasteiger partial charge is 0.406 e. The number of hydrogen-bond donors (Lipinski definition) is 0. The van der Waals surface area contributed by atoms with Crippen molar-refractivity contribution in [1.82, 2.24) is 0 Å². The quantitative estimate of drug-likeness (QED) is 0.482. The third-order valence-corrected chi connectivity index (χ3v) is 5.40. The second-order valence-electron chi connectivity index (χ2n) is 7.41. The van der Waals surface area contributed by atoms with Gasteiger partial charge in [-0.05, 0) is 72.1 Å². The largest absolute Gasteiger partial charge is 0.573 e. The molecule has 0 heterocycles. The van der Waals surface area contributed by atoms with Gasteiger partial charge in [-0.2, -0.15) is 0 Å². The normalized spacial score (nSPS) is 16.5. The van der Waals surface area contributed by atoms with Crippen LogP contribution in [0, 0.1) is 6.92 Å². The molecule has 1 atom stereocenters. The van der Waals surface area contributed by atoms with Crippen molar-refractivity contribution in [2.45, 2.75) is 38.5 Å². The highest BCUT2D eigenvalue weighted by atomic mass is 19.4. The zero-order valence-corrected chi connectivity index (χ0v) is 15.6. The average molecular weight is 382 g/mol. The van der Waals surface area contributed by atoms with E-state index in [2.05, 4.69) is 54.1 Å². The minimum absolute atomic E-state index is 0.199. The maximum Gasteiger partial charge on any atom is 0.573 e. The van der Waals surface area contributed by atoms with Crippen molar-refractivity contribution in [2.24, 2.45) is 0 Å². The first kappa shape index (κ1) is 18.6. The lowest BCUT2D eigenvalue weighted by molar-refractivity contribution is -0.274. The standard InChI is InChI=1S/C24H21F3O/c1-16-2-4-17(5-3-16)19-6-8-22-15-20(7-9-21(22)14-19)18-10-12-23(13-11-18)28-24(25,26)27/h2-5,7,9-13,15,19H,6,8,14H2,1H3. The number of halogens is 3. The summed E-state index contributed by atoms with van der Waals surface area (Å²) in [6.07, 6.45) is -1.52. The van der Waals surface area contributed by atoms with Crippen LogP contribution in [0.4, 0.5) is 13.2 Å². The van der Waals surface area contributed by atoms with E-state index in [0.29, 0.717) is 5.92 Å². The molecule has 4 heteroatoms. The molecule has 3 aromatic rings. The van der Waals surface area contributed by atoms with Gasteiger partial charge in [-0.25, -0.2) is 0 Å². The van der Waals surface area contributed by atoms with Crippen molar-refractivity contribution in [3.05, 3.63) is 89.0 Å². The fourth-order valence-electron chi connectivity index (χ4n) is 3.91. The summed E-state index contributed by atoms with van der Waals surface area (Å²) in [6, 6.07) is 21.2. The zero-order valence-electron chi connectivity index (χ0n) is 15.6. The predicted molar refractivity (Wildman–Crippen MR) is 105 cm³/mol. The SMILES string of the molecule is Cc1ccc(C2CCc3cc(-c4ccc(OC(F)(F)F)cc4)ccc3C2)cc1. The number of fused-ring (bicyclic) bond motifs is 1. The fraction of sp³-hybridized carbons (Fsp3) is 0.250. The summed E-state index contributed by atoms with van der Waals surface area (Å²) in [6.45, 7) is 2.10. The topological polar surface area (TPSA) is 9.23 Å². The minimum atomic E-state index is -4.67. The van der Waals surface area contributed by atoms with Gasteiger partial charge in [0.05, 0.1) is 0 Å². The summed E-state index contributed by atoms with van der Waals surface area (Å²) in [4.78, 5) is 0. The average Bonchev–Trinajstić information content (AvgIpc) is 2.67. The van der Waals surface area contributed by atoms with Crippen molar-refractivity contribution < 1.29 is 17.9 Å². The Labute approximate surface area is 162 Å². The molecule has 0 fully saturated rings. The van der Waals surface area contributed by atoms with Gasteiger partial charge in [0.25, 0.3) is 0 Å². The van der Waals surface area contributed by atoms with Gasteiger partial charge in [-0.3, -0.25) is 0 Å². The molecule has 0 N–H and O–H groups in total. The van der Waals surface area contributed by atoms with Crippen LogP contribution in [0.2, 0.25) is 0 Å². The summed E-state index contributed by atoms with van der Waals surface area (Å²) < 4.78 is 40.9. The zero-order chi connectivity index (χ0) is 19.7. The van der Waals surface area contributed by atoms with Crippen LogP contribution in [0.3, 0.4) is 0 Å². The number of aryl methyl sites for hydroxylation is 2. The summed E-state index contributed by atoms with van der Waals surface area (Å²) >= 11 is 0. The van der Waals surface area contributed by atoms with Crippen LogP contribution in [-0.2, 0) is 12.8 Å². The maximum atomic E-state index is 12.3. The van der Waals surface area contributed by atoms with E-state index >= 15 is 0 Å². The van der Waals surface area contributed by atoms with Crippen molar-refractivity contribution >= 4 is 0 Å². The molecule has 1 nitrogen and oxygen atoms in total. The molecule has 0 saturated heterocycles. The van der Waals surface area contributed by atoms with Gasteiger partial charge in [-0.1, -0.05) is 60.2 Å². The van der Waals surface area contributed by atoms with Crippen LogP contribution in [0.15, 0.2) is 66.7 Å². The third-order valence-electron chi connectivity index (χ3n) is 5.40.